The minimum Gasteiger partial charge on any atom is -0.477 e. The number of pyridine rings is 1. The van der Waals surface area contributed by atoms with Crippen molar-refractivity contribution in [1.82, 2.24) is 14.8 Å². The topological polar surface area (TPSA) is 135 Å². The molecule has 1 saturated heterocycles. The van der Waals surface area contributed by atoms with E-state index in [0.717, 1.165) is 4.90 Å². The van der Waals surface area contributed by atoms with Gasteiger partial charge in [0, 0.05) is 60.2 Å². The molecule has 0 aromatic carbocycles. The van der Waals surface area contributed by atoms with Crippen molar-refractivity contribution in [2.45, 2.75) is 24.9 Å². The number of esters is 1. The molecule has 0 spiro atoms. The summed E-state index contributed by atoms with van der Waals surface area (Å²) >= 11 is 12.8. The number of carboxylic acids is 1. The zero-order valence-corrected chi connectivity index (χ0v) is 20.7. The summed E-state index contributed by atoms with van der Waals surface area (Å²) in [6, 6.07) is -0.919. The van der Waals surface area contributed by atoms with Crippen molar-refractivity contribution in [3.05, 3.63) is 43.9 Å². The van der Waals surface area contributed by atoms with E-state index in [2.05, 4.69) is 5.32 Å². The number of carbonyl (C=O) groups is 4. The fourth-order valence-corrected chi connectivity index (χ4v) is 4.85. The Balaban J connectivity index is 0.00000341. The number of fused-ring (bicyclic) bond motifs is 1. The normalized spacial score (nSPS) is 19.7. The van der Waals surface area contributed by atoms with Gasteiger partial charge in [0.05, 0.1) is 0 Å². The molecule has 2 aliphatic heterocycles. The van der Waals surface area contributed by atoms with Gasteiger partial charge in [-0.25, -0.2) is 4.79 Å². The first-order valence-electron chi connectivity index (χ1n) is 8.48. The number of carboxylic acid groups (broad SMARTS) is 1. The number of nitrogens with one attached hydrogen (secondary N) is 1. The molecule has 1 aromatic heterocycles. The van der Waals surface area contributed by atoms with E-state index in [-0.39, 0.29) is 64.2 Å². The first kappa shape index (κ1) is 25.8. The largest absolute Gasteiger partial charge is 0.477 e. The molecule has 0 unspecified atom stereocenters. The maximum Gasteiger partial charge on any atom is 0.352 e. The maximum absolute atomic E-state index is 12.5. The van der Waals surface area contributed by atoms with Crippen LogP contribution in [0.1, 0.15) is 6.92 Å². The molecule has 3 rings (SSSR count). The summed E-state index contributed by atoms with van der Waals surface area (Å²) in [5, 5.41) is 11.2. The quantitative estimate of drug-likeness (QED) is 0.319. The smallest absolute Gasteiger partial charge is 0.352 e. The van der Waals surface area contributed by atoms with Crippen LogP contribution in [0.3, 0.4) is 0 Å². The molecule has 3 heterocycles. The second kappa shape index (κ2) is 10.4. The van der Waals surface area contributed by atoms with Crippen molar-refractivity contribution in [2.75, 3.05) is 12.4 Å². The van der Waals surface area contributed by atoms with Gasteiger partial charge in [-0.3, -0.25) is 24.1 Å². The molecule has 0 bridgehead atoms. The Morgan fingerprint density at radius 3 is 2.42 bits per heavy atom. The predicted molar refractivity (Wildman–Crippen MR) is 113 cm³/mol. The Bertz CT molecular complexity index is 1020. The number of thioether (sulfide) groups is 1. The fourth-order valence-electron chi connectivity index (χ4n) is 3.02. The van der Waals surface area contributed by atoms with E-state index in [1.165, 1.54) is 35.6 Å². The number of hydrogen-bond donors (Lipinski definition) is 2. The summed E-state index contributed by atoms with van der Waals surface area (Å²) in [6.07, 6.45) is 2.48. The van der Waals surface area contributed by atoms with Gasteiger partial charge >= 0.3 is 11.9 Å². The molecule has 1 aromatic rings. The molecular formula is C17H15Cl2N3NaO7S. The zero-order chi connectivity index (χ0) is 22.2. The minimum absolute atomic E-state index is 0. The molecule has 0 saturated carbocycles. The van der Waals surface area contributed by atoms with Crippen LogP contribution in [0, 0.1) is 0 Å². The molecule has 31 heavy (non-hydrogen) atoms. The van der Waals surface area contributed by atoms with Crippen LogP contribution in [-0.2, 0) is 30.5 Å². The second-order valence-corrected chi connectivity index (χ2v) is 8.37. The number of nitrogens with zero attached hydrogens (tertiary/aromatic N) is 2. The van der Waals surface area contributed by atoms with E-state index in [1.54, 1.807) is 0 Å². The second-order valence-electron chi connectivity index (χ2n) is 6.45. The number of hydrogen-bond acceptors (Lipinski definition) is 7. The van der Waals surface area contributed by atoms with Gasteiger partial charge in [-0.2, -0.15) is 0 Å². The number of β-lactam (4-membered cyclic amide) rings is 1. The summed E-state index contributed by atoms with van der Waals surface area (Å²) in [7, 11) is 0. The summed E-state index contributed by atoms with van der Waals surface area (Å²) in [5.74, 6) is -2.80. The molecule has 1 fully saturated rings. The van der Waals surface area contributed by atoms with Crippen LogP contribution in [0.25, 0.3) is 0 Å². The van der Waals surface area contributed by atoms with Gasteiger partial charge in [0.15, 0.2) is 0 Å². The van der Waals surface area contributed by atoms with Crippen molar-refractivity contribution in [3.8, 4) is 0 Å². The molecule has 0 aliphatic carbocycles. The van der Waals surface area contributed by atoms with Crippen LogP contribution in [0.5, 0.6) is 0 Å². The molecule has 2 amide bonds. The van der Waals surface area contributed by atoms with E-state index >= 15 is 0 Å². The number of aliphatic carboxylic acids is 1. The Kier molecular flexibility index (Phi) is 8.65. The van der Waals surface area contributed by atoms with Crippen molar-refractivity contribution >= 4 is 88.3 Å². The van der Waals surface area contributed by atoms with Crippen LogP contribution in [0.2, 0.25) is 10.0 Å². The van der Waals surface area contributed by atoms with Crippen LogP contribution in [-0.4, -0.2) is 91.7 Å². The average molecular weight is 499 g/mol. The number of ether oxygens (including phenoxy) is 1. The van der Waals surface area contributed by atoms with E-state index in [1.807, 2.05) is 0 Å². The Morgan fingerprint density at radius 2 is 1.87 bits per heavy atom. The van der Waals surface area contributed by atoms with E-state index in [0.29, 0.717) is 5.57 Å². The SMILES string of the molecule is CC(=O)OCC1=C(C(=O)O)N2C(=O)[C@@H](NC(=O)Cn3cc(Cl)c(=O)c(Cl)c3)[C@H]2SC1.[Na]. The van der Waals surface area contributed by atoms with Crippen LogP contribution in [0.15, 0.2) is 28.5 Å². The number of rotatable bonds is 6. The minimum atomic E-state index is -1.32. The molecule has 1 radical (unpaired) electrons. The van der Waals surface area contributed by atoms with Crippen molar-refractivity contribution in [2.24, 2.45) is 0 Å². The Labute approximate surface area is 212 Å². The van der Waals surface area contributed by atoms with E-state index in [4.69, 9.17) is 27.9 Å². The van der Waals surface area contributed by atoms with Gasteiger partial charge < -0.3 is 19.7 Å². The van der Waals surface area contributed by atoms with E-state index < -0.39 is 40.6 Å². The zero-order valence-electron chi connectivity index (χ0n) is 16.4. The van der Waals surface area contributed by atoms with Crippen molar-refractivity contribution in [1.29, 1.82) is 0 Å². The fraction of sp³-hybridized carbons (Fsp3) is 0.353. The van der Waals surface area contributed by atoms with Crippen molar-refractivity contribution in [3.63, 3.8) is 0 Å². The van der Waals surface area contributed by atoms with Gasteiger partial charge in [-0.1, -0.05) is 23.2 Å². The monoisotopic (exact) mass is 498 g/mol. The third-order valence-electron chi connectivity index (χ3n) is 4.33. The molecule has 2 aliphatic rings. The Hall–Kier alpha value is -1.50. The number of amides is 2. The molecule has 14 heteroatoms. The average Bonchev–Trinajstić information content (AvgIpc) is 2.67. The summed E-state index contributed by atoms with van der Waals surface area (Å²) < 4.78 is 6.16. The molecule has 10 nitrogen and oxygen atoms in total. The van der Waals surface area contributed by atoms with Crippen LogP contribution >= 0.6 is 35.0 Å². The number of aromatic nitrogens is 1. The first-order valence-corrected chi connectivity index (χ1v) is 10.3. The molecule has 2 N–H and O–H groups in total. The molecular weight excluding hydrogens is 484 g/mol. The predicted octanol–water partition coefficient (Wildman–Crippen LogP) is 0.0760. The standard InChI is InChI=1S/C17H15Cl2N3O7S.Na/c1-7(23)29-5-8-6-30-16-12(15(26)22(16)13(8)17(27)28)20-11(24)4-21-2-9(18)14(25)10(19)3-21;/h2-3,12,16H,4-6H2,1H3,(H,20,24)(H,27,28);/t12-,16-;/m1./s1. The third kappa shape index (κ3) is 5.47. The summed E-state index contributed by atoms with van der Waals surface area (Å²) in [6.45, 7) is 0.717. The summed E-state index contributed by atoms with van der Waals surface area (Å²) in [5.41, 5.74) is -0.500. The third-order valence-corrected chi connectivity index (χ3v) is 6.21. The maximum atomic E-state index is 12.5. The molecule has 2 atom stereocenters. The molecule has 161 valence electrons. The van der Waals surface area contributed by atoms with Crippen LogP contribution in [0.4, 0.5) is 0 Å². The first-order chi connectivity index (χ1) is 14.1. The Morgan fingerprint density at radius 1 is 1.26 bits per heavy atom. The van der Waals surface area contributed by atoms with E-state index in [9.17, 15) is 29.1 Å². The van der Waals surface area contributed by atoms with Gasteiger partial charge in [-0.05, 0) is 0 Å². The van der Waals surface area contributed by atoms with Gasteiger partial charge in [0.1, 0.15) is 40.3 Å². The van der Waals surface area contributed by atoms with Gasteiger partial charge in [0.2, 0.25) is 11.3 Å². The number of carbonyl (C=O) groups excluding carboxylic acids is 3. The number of halogens is 2. The van der Waals surface area contributed by atoms with Gasteiger partial charge in [0.25, 0.3) is 5.91 Å². The van der Waals surface area contributed by atoms with Gasteiger partial charge in [-0.15, -0.1) is 11.8 Å². The summed E-state index contributed by atoms with van der Waals surface area (Å²) in [4.78, 5) is 60.2. The van der Waals surface area contributed by atoms with Crippen LogP contribution < -0.4 is 10.7 Å². The van der Waals surface area contributed by atoms with Crippen molar-refractivity contribution < 1.29 is 29.0 Å².